The van der Waals surface area contributed by atoms with Crippen LogP contribution in [-0.4, -0.2) is 54.6 Å². The number of hydrogen-bond donors (Lipinski definition) is 0. The average molecular weight is 443 g/mol. The van der Waals surface area contributed by atoms with Gasteiger partial charge in [-0.1, -0.05) is 29.8 Å². The number of hydrogen-bond acceptors (Lipinski definition) is 6. The van der Waals surface area contributed by atoms with Gasteiger partial charge in [0.05, 0.1) is 12.3 Å². The number of carbonyl (C=O) groups excluding carboxylic acids is 2. The summed E-state index contributed by atoms with van der Waals surface area (Å²) in [6.45, 7) is 3.85. The van der Waals surface area contributed by atoms with E-state index in [1.807, 2.05) is 35.2 Å². The number of carbonyl (C=O) groups is 2. The van der Waals surface area contributed by atoms with Crippen molar-refractivity contribution in [2.24, 2.45) is 5.92 Å². The number of piperazine rings is 1. The average Bonchev–Trinajstić information content (AvgIpc) is 3.40. The van der Waals surface area contributed by atoms with Crippen LogP contribution in [0.2, 0.25) is 5.02 Å². The summed E-state index contributed by atoms with van der Waals surface area (Å²) in [6.07, 6.45) is -0.437. The first-order chi connectivity index (χ1) is 15.1. The third kappa shape index (κ3) is 4.20. The Morgan fingerprint density at radius 1 is 1.00 bits per heavy atom. The van der Waals surface area contributed by atoms with E-state index in [2.05, 4.69) is 4.90 Å². The molecule has 3 aliphatic heterocycles. The van der Waals surface area contributed by atoms with Crippen LogP contribution in [0.3, 0.4) is 0 Å². The lowest BCUT2D eigenvalue weighted by Crippen LogP contribution is -2.50. The van der Waals surface area contributed by atoms with Gasteiger partial charge in [-0.2, -0.15) is 0 Å². The number of rotatable bonds is 4. The largest absolute Gasteiger partial charge is 0.457 e. The number of fused-ring (bicyclic) bond motifs is 1. The molecule has 3 heterocycles. The molecule has 2 saturated heterocycles. The zero-order chi connectivity index (χ0) is 21.4. The summed E-state index contributed by atoms with van der Waals surface area (Å²) in [4.78, 5) is 29.4. The van der Waals surface area contributed by atoms with Crippen LogP contribution in [0.4, 0.5) is 0 Å². The smallest absolute Gasteiger partial charge is 0.307 e. The maximum absolute atomic E-state index is 13.2. The zero-order valence-electron chi connectivity index (χ0n) is 17.0. The van der Waals surface area contributed by atoms with Gasteiger partial charge in [0.1, 0.15) is 6.10 Å². The Bertz CT molecular complexity index is 988. The molecule has 2 aromatic carbocycles. The summed E-state index contributed by atoms with van der Waals surface area (Å²) >= 11 is 5.97. The molecule has 0 aromatic heterocycles. The number of benzene rings is 2. The molecule has 0 saturated carbocycles. The Balaban J connectivity index is 1.20. The first kappa shape index (κ1) is 20.2. The highest BCUT2D eigenvalue weighted by molar-refractivity contribution is 6.30. The molecule has 2 fully saturated rings. The second kappa shape index (κ2) is 8.40. The lowest BCUT2D eigenvalue weighted by molar-refractivity contribution is -0.142. The van der Waals surface area contributed by atoms with Gasteiger partial charge in [-0.05, 0) is 35.4 Å². The lowest BCUT2D eigenvalue weighted by atomic mass is 9.93. The van der Waals surface area contributed by atoms with Crippen molar-refractivity contribution >= 4 is 23.5 Å². The maximum atomic E-state index is 13.2. The van der Waals surface area contributed by atoms with E-state index in [0.717, 1.165) is 42.3 Å². The Morgan fingerprint density at radius 3 is 2.52 bits per heavy atom. The molecule has 3 aliphatic rings. The van der Waals surface area contributed by atoms with E-state index >= 15 is 0 Å². The predicted octanol–water partition coefficient (Wildman–Crippen LogP) is 3.02. The monoisotopic (exact) mass is 442 g/mol. The van der Waals surface area contributed by atoms with E-state index < -0.39 is 12.0 Å². The van der Waals surface area contributed by atoms with Gasteiger partial charge in [0.15, 0.2) is 11.5 Å². The molecule has 0 aliphatic carbocycles. The minimum atomic E-state index is -0.552. The van der Waals surface area contributed by atoms with E-state index in [1.54, 1.807) is 12.1 Å². The van der Waals surface area contributed by atoms with Crippen molar-refractivity contribution in [2.75, 3.05) is 33.0 Å². The van der Waals surface area contributed by atoms with Crippen molar-refractivity contribution in [3.8, 4) is 11.5 Å². The zero-order valence-corrected chi connectivity index (χ0v) is 17.7. The molecule has 2 atom stereocenters. The highest BCUT2D eigenvalue weighted by atomic mass is 35.5. The van der Waals surface area contributed by atoms with Crippen molar-refractivity contribution in [2.45, 2.75) is 19.1 Å². The topological polar surface area (TPSA) is 68.3 Å². The van der Waals surface area contributed by atoms with E-state index in [9.17, 15) is 9.59 Å². The molecule has 2 aromatic rings. The third-order valence-corrected chi connectivity index (χ3v) is 6.31. The van der Waals surface area contributed by atoms with Gasteiger partial charge in [-0.25, -0.2) is 0 Å². The second-order valence-corrected chi connectivity index (χ2v) is 8.50. The quantitative estimate of drug-likeness (QED) is 0.678. The Kier molecular flexibility index (Phi) is 5.46. The fourth-order valence-electron chi connectivity index (χ4n) is 4.39. The first-order valence-corrected chi connectivity index (χ1v) is 10.8. The van der Waals surface area contributed by atoms with Gasteiger partial charge in [0.2, 0.25) is 12.7 Å². The normalized spacial score (nSPS) is 23.1. The summed E-state index contributed by atoms with van der Waals surface area (Å²) in [5.41, 5.74) is 1.96. The van der Waals surface area contributed by atoms with Gasteiger partial charge in [0.25, 0.3) is 0 Å². The van der Waals surface area contributed by atoms with Crippen molar-refractivity contribution in [3.63, 3.8) is 0 Å². The van der Waals surface area contributed by atoms with E-state index in [1.165, 1.54) is 0 Å². The van der Waals surface area contributed by atoms with Gasteiger partial charge in [-0.3, -0.25) is 14.5 Å². The first-order valence-electron chi connectivity index (χ1n) is 10.4. The van der Waals surface area contributed by atoms with Crippen LogP contribution in [0.15, 0.2) is 42.5 Å². The van der Waals surface area contributed by atoms with E-state index in [-0.39, 0.29) is 25.1 Å². The molecule has 7 nitrogen and oxygen atoms in total. The van der Waals surface area contributed by atoms with Crippen LogP contribution in [-0.2, 0) is 20.9 Å². The summed E-state index contributed by atoms with van der Waals surface area (Å²) in [6, 6.07) is 13.1. The minimum Gasteiger partial charge on any atom is -0.457 e. The highest BCUT2D eigenvalue weighted by Gasteiger charge is 2.43. The third-order valence-electron chi connectivity index (χ3n) is 6.05. The number of nitrogens with zero attached hydrogens (tertiary/aromatic N) is 2. The molecule has 0 radical (unpaired) electrons. The molecule has 162 valence electrons. The standard InChI is InChI=1S/C23H23ClN2O5/c24-17-4-2-16(3-5-17)22-18(12-21(27)31-22)23(28)26-9-7-25(8-10-26)13-15-1-6-19-20(11-15)30-14-29-19/h1-6,11,18,22H,7-10,12-14H2/t18-,22+/m0/s1. The van der Waals surface area contributed by atoms with Crippen molar-refractivity contribution < 1.29 is 23.8 Å². The molecule has 1 amide bonds. The number of amides is 1. The Hall–Kier alpha value is -2.77. The van der Waals surface area contributed by atoms with Crippen LogP contribution >= 0.6 is 11.6 Å². The number of esters is 1. The molecular weight excluding hydrogens is 420 g/mol. The van der Waals surface area contributed by atoms with E-state index in [0.29, 0.717) is 18.1 Å². The van der Waals surface area contributed by atoms with Crippen molar-refractivity contribution in [1.29, 1.82) is 0 Å². The van der Waals surface area contributed by atoms with Gasteiger partial charge >= 0.3 is 5.97 Å². The van der Waals surface area contributed by atoms with Gasteiger partial charge < -0.3 is 19.1 Å². The summed E-state index contributed by atoms with van der Waals surface area (Å²) in [7, 11) is 0. The van der Waals surface area contributed by atoms with Crippen LogP contribution in [0.1, 0.15) is 23.7 Å². The maximum Gasteiger partial charge on any atom is 0.307 e. The fraction of sp³-hybridized carbons (Fsp3) is 0.391. The molecule has 8 heteroatoms. The Morgan fingerprint density at radius 2 is 1.74 bits per heavy atom. The molecule has 0 N–H and O–H groups in total. The SMILES string of the molecule is O=C1C[C@H](C(=O)N2CCN(Cc3ccc4c(c3)OCO4)CC2)[C@@H](c2ccc(Cl)cc2)O1. The minimum absolute atomic E-state index is 0.0199. The molecule has 0 spiro atoms. The van der Waals surface area contributed by atoms with Crippen molar-refractivity contribution in [1.82, 2.24) is 9.80 Å². The van der Waals surface area contributed by atoms with E-state index in [4.69, 9.17) is 25.8 Å². The van der Waals surface area contributed by atoms with Gasteiger partial charge in [-0.15, -0.1) is 0 Å². The second-order valence-electron chi connectivity index (χ2n) is 8.06. The highest BCUT2D eigenvalue weighted by Crippen LogP contribution is 2.37. The van der Waals surface area contributed by atoms with Crippen LogP contribution < -0.4 is 9.47 Å². The summed E-state index contributed by atoms with van der Waals surface area (Å²) < 4.78 is 16.3. The van der Waals surface area contributed by atoms with Crippen molar-refractivity contribution in [3.05, 3.63) is 58.6 Å². The lowest BCUT2D eigenvalue weighted by Gasteiger charge is -2.36. The summed E-state index contributed by atoms with van der Waals surface area (Å²) in [5, 5.41) is 0.606. The van der Waals surface area contributed by atoms with Crippen LogP contribution in [0, 0.1) is 5.92 Å². The number of cyclic esters (lactones) is 1. The van der Waals surface area contributed by atoms with Crippen LogP contribution in [0.25, 0.3) is 0 Å². The number of ether oxygens (including phenoxy) is 3. The number of halogens is 1. The Labute approximate surface area is 185 Å². The predicted molar refractivity (Wildman–Crippen MR) is 113 cm³/mol. The molecule has 31 heavy (non-hydrogen) atoms. The molecular formula is C23H23ClN2O5. The van der Waals surface area contributed by atoms with Crippen LogP contribution in [0.5, 0.6) is 11.5 Å². The molecule has 5 rings (SSSR count). The fourth-order valence-corrected chi connectivity index (χ4v) is 4.51. The molecule has 0 bridgehead atoms. The molecule has 0 unspecified atom stereocenters. The van der Waals surface area contributed by atoms with Gasteiger partial charge in [0, 0.05) is 37.7 Å². The summed E-state index contributed by atoms with van der Waals surface area (Å²) in [5.74, 6) is 0.718.